The number of methoxy groups -OCH3 is 1. The number of halogens is 1. The summed E-state index contributed by atoms with van der Waals surface area (Å²) in [6.07, 6.45) is 0.809. The lowest BCUT2D eigenvalue weighted by Gasteiger charge is -2.06. The number of para-hydroxylation sites is 1. The molecule has 0 aliphatic carbocycles. The van der Waals surface area contributed by atoms with Gasteiger partial charge in [-0.25, -0.2) is 0 Å². The van der Waals surface area contributed by atoms with E-state index in [2.05, 4.69) is 15.9 Å². The Labute approximate surface area is 80.3 Å². The molecule has 0 fully saturated rings. The summed E-state index contributed by atoms with van der Waals surface area (Å²) in [6.45, 7) is 0. The van der Waals surface area contributed by atoms with Crippen LogP contribution in [0.15, 0.2) is 18.2 Å². The first-order valence-corrected chi connectivity index (χ1v) is 4.82. The zero-order chi connectivity index (χ0) is 8.97. The van der Waals surface area contributed by atoms with Crippen molar-refractivity contribution in [3.8, 4) is 11.5 Å². The second-order valence-electron chi connectivity index (χ2n) is 2.41. The van der Waals surface area contributed by atoms with E-state index in [4.69, 9.17) is 4.74 Å². The molecule has 0 saturated carbocycles. The van der Waals surface area contributed by atoms with Gasteiger partial charge in [-0.05, 0) is 18.1 Å². The number of rotatable bonds is 3. The molecule has 1 N–H and O–H groups in total. The third-order valence-electron chi connectivity index (χ3n) is 1.67. The molecule has 2 nitrogen and oxygen atoms in total. The number of phenols is 1. The molecule has 0 aromatic heterocycles. The van der Waals surface area contributed by atoms with Gasteiger partial charge in [-0.2, -0.15) is 0 Å². The van der Waals surface area contributed by atoms with Crippen molar-refractivity contribution in [2.75, 3.05) is 12.4 Å². The lowest BCUT2D eigenvalue weighted by atomic mass is 10.1. The molecule has 3 heteroatoms. The molecule has 0 atom stereocenters. The molecule has 0 saturated heterocycles. The van der Waals surface area contributed by atoms with Crippen molar-refractivity contribution < 1.29 is 9.84 Å². The largest absolute Gasteiger partial charge is 0.504 e. The molecule has 0 aliphatic rings. The zero-order valence-corrected chi connectivity index (χ0v) is 8.47. The minimum Gasteiger partial charge on any atom is -0.504 e. The lowest BCUT2D eigenvalue weighted by molar-refractivity contribution is 0.371. The Balaban J connectivity index is 2.97. The van der Waals surface area contributed by atoms with Crippen molar-refractivity contribution in [2.24, 2.45) is 0 Å². The van der Waals surface area contributed by atoms with Gasteiger partial charge >= 0.3 is 0 Å². The third kappa shape index (κ3) is 1.91. The summed E-state index contributed by atoms with van der Waals surface area (Å²) in [5.74, 6) is 0.785. The van der Waals surface area contributed by atoms with E-state index in [1.807, 2.05) is 12.1 Å². The number of hydrogen-bond acceptors (Lipinski definition) is 2. The van der Waals surface area contributed by atoms with Crippen molar-refractivity contribution in [2.45, 2.75) is 6.42 Å². The monoisotopic (exact) mass is 230 g/mol. The number of benzene rings is 1. The van der Waals surface area contributed by atoms with Gasteiger partial charge in [-0.1, -0.05) is 28.1 Å². The number of aromatic hydroxyl groups is 1. The summed E-state index contributed by atoms with van der Waals surface area (Å²) in [4.78, 5) is 0. The molecule has 0 unspecified atom stereocenters. The van der Waals surface area contributed by atoms with Crippen molar-refractivity contribution in [1.82, 2.24) is 0 Å². The number of ether oxygens (including phenoxy) is 1. The topological polar surface area (TPSA) is 29.5 Å². The van der Waals surface area contributed by atoms with Gasteiger partial charge < -0.3 is 9.84 Å². The highest BCUT2D eigenvalue weighted by Crippen LogP contribution is 2.29. The van der Waals surface area contributed by atoms with Crippen LogP contribution in [0.3, 0.4) is 0 Å². The van der Waals surface area contributed by atoms with Gasteiger partial charge in [0.25, 0.3) is 0 Å². The van der Waals surface area contributed by atoms with E-state index in [0.717, 1.165) is 17.3 Å². The first-order chi connectivity index (χ1) is 5.79. The highest BCUT2D eigenvalue weighted by atomic mass is 79.9. The SMILES string of the molecule is COc1cccc(CCBr)c1O. The van der Waals surface area contributed by atoms with Crippen LogP contribution in [0.2, 0.25) is 0 Å². The summed E-state index contributed by atoms with van der Waals surface area (Å²) in [5, 5.41) is 10.4. The quantitative estimate of drug-likeness (QED) is 0.809. The minimum atomic E-state index is 0.249. The molecular weight excluding hydrogens is 220 g/mol. The number of alkyl halides is 1. The Bertz CT molecular complexity index is 261. The Kier molecular flexibility index (Phi) is 3.41. The molecule has 66 valence electrons. The highest BCUT2D eigenvalue weighted by molar-refractivity contribution is 9.09. The van der Waals surface area contributed by atoms with Crippen molar-refractivity contribution >= 4 is 15.9 Å². The van der Waals surface area contributed by atoms with Gasteiger partial charge in [0.2, 0.25) is 0 Å². The number of aryl methyl sites for hydroxylation is 1. The van der Waals surface area contributed by atoms with E-state index in [1.54, 1.807) is 13.2 Å². The van der Waals surface area contributed by atoms with Gasteiger partial charge in [-0.15, -0.1) is 0 Å². The van der Waals surface area contributed by atoms with E-state index >= 15 is 0 Å². The smallest absolute Gasteiger partial charge is 0.160 e. The lowest BCUT2D eigenvalue weighted by Crippen LogP contribution is -1.90. The molecule has 0 heterocycles. The highest BCUT2D eigenvalue weighted by Gasteiger charge is 2.05. The second-order valence-corrected chi connectivity index (χ2v) is 3.20. The fourth-order valence-corrected chi connectivity index (χ4v) is 1.46. The number of phenolic OH excluding ortho intramolecular Hbond substituents is 1. The van der Waals surface area contributed by atoms with Gasteiger partial charge in [0, 0.05) is 5.33 Å². The summed E-state index contributed by atoms with van der Waals surface area (Å²) in [7, 11) is 1.55. The molecule has 0 radical (unpaired) electrons. The van der Waals surface area contributed by atoms with Crippen LogP contribution >= 0.6 is 15.9 Å². The van der Waals surface area contributed by atoms with E-state index < -0.39 is 0 Å². The van der Waals surface area contributed by atoms with Crippen LogP contribution in [-0.4, -0.2) is 17.5 Å². The molecule has 0 bridgehead atoms. The maximum Gasteiger partial charge on any atom is 0.160 e. The Morgan fingerprint density at radius 1 is 1.50 bits per heavy atom. The predicted octanol–water partition coefficient (Wildman–Crippen LogP) is 2.34. The standard InChI is InChI=1S/C9H11BrO2/c1-12-8-4-2-3-7(5-6-10)9(8)11/h2-4,11H,5-6H2,1H3. The van der Waals surface area contributed by atoms with Gasteiger partial charge in [-0.3, -0.25) is 0 Å². The summed E-state index contributed by atoms with van der Waals surface area (Å²) in [6, 6.07) is 5.50. The summed E-state index contributed by atoms with van der Waals surface area (Å²) >= 11 is 3.31. The first kappa shape index (κ1) is 9.39. The molecule has 0 spiro atoms. The van der Waals surface area contributed by atoms with Crippen molar-refractivity contribution in [3.05, 3.63) is 23.8 Å². The Morgan fingerprint density at radius 2 is 2.25 bits per heavy atom. The van der Waals surface area contributed by atoms with Gasteiger partial charge in [0.15, 0.2) is 11.5 Å². The zero-order valence-electron chi connectivity index (χ0n) is 6.88. The summed E-state index contributed by atoms with van der Waals surface area (Å²) in [5.41, 5.74) is 0.909. The Morgan fingerprint density at radius 3 is 2.83 bits per heavy atom. The summed E-state index contributed by atoms with van der Waals surface area (Å²) < 4.78 is 4.97. The van der Waals surface area contributed by atoms with Crippen molar-refractivity contribution in [3.63, 3.8) is 0 Å². The van der Waals surface area contributed by atoms with Crippen LogP contribution in [0.1, 0.15) is 5.56 Å². The van der Waals surface area contributed by atoms with Crippen LogP contribution in [0.4, 0.5) is 0 Å². The number of hydrogen-bond donors (Lipinski definition) is 1. The van der Waals surface area contributed by atoms with E-state index in [0.29, 0.717) is 5.75 Å². The minimum absolute atomic E-state index is 0.249. The van der Waals surface area contributed by atoms with E-state index in [9.17, 15) is 5.11 Å². The average molecular weight is 231 g/mol. The molecule has 12 heavy (non-hydrogen) atoms. The first-order valence-electron chi connectivity index (χ1n) is 3.70. The predicted molar refractivity (Wildman–Crippen MR) is 52.2 cm³/mol. The molecule has 1 aromatic rings. The van der Waals surface area contributed by atoms with Crippen LogP contribution < -0.4 is 4.74 Å². The van der Waals surface area contributed by atoms with Crippen molar-refractivity contribution in [1.29, 1.82) is 0 Å². The second kappa shape index (κ2) is 4.36. The van der Waals surface area contributed by atoms with E-state index in [-0.39, 0.29) is 5.75 Å². The third-order valence-corrected chi connectivity index (χ3v) is 2.06. The average Bonchev–Trinajstić information content (AvgIpc) is 2.09. The molecule has 0 aliphatic heterocycles. The maximum absolute atomic E-state index is 9.57. The molecule has 1 rings (SSSR count). The van der Waals surface area contributed by atoms with Crippen LogP contribution in [-0.2, 0) is 6.42 Å². The van der Waals surface area contributed by atoms with Gasteiger partial charge in [0.05, 0.1) is 7.11 Å². The molecular formula is C9H11BrO2. The van der Waals surface area contributed by atoms with Crippen LogP contribution in [0.25, 0.3) is 0 Å². The fourth-order valence-electron chi connectivity index (χ4n) is 1.04. The normalized spacial score (nSPS) is 9.83. The Hall–Kier alpha value is -0.700. The van der Waals surface area contributed by atoms with E-state index in [1.165, 1.54) is 0 Å². The van der Waals surface area contributed by atoms with Gasteiger partial charge in [0.1, 0.15) is 0 Å². The van der Waals surface area contributed by atoms with Crippen LogP contribution in [0, 0.1) is 0 Å². The van der Waals surface area contributed by atoms with Crippen LogP contribution in [0.5, 0.6) is 11.5 Å². The molecule has 1 aromatic carbocycles. The molecule has 0 amide bonds. The maximum atomic E-state index is 9.57. The fraction of sp³-hybridized carbons (Fsp3) is 0.333.